The quantitative estimate of drug-likeness (QED) is 0.558. The Morgan fingerprint density at radius 1 is 1.41 bits per heavy atom. The third-order valence-electron chi connectivity index (χ3n) is 5.88. The number of hydrogen-bond donors (Lipinski definition) is 3. The number of H-pyrrole nitrogens is 1. The van der Waals surface area contributed by atoms with Crippen LogP contribution in [0.4, 0.5) is 10.2 Å². The normalized spacial score (nSPS) is 22.0. The van der Waals surface area contributed by atoms with Crippen LogP contribution >= 0.6 is 11.6 Å². The second kappa shape index (κ2) is 7.59. The summed E-state index contributed by atoms with van der Waals surface area (Å²) in [6.07, 6.45) is 7.72. The maximum absolute atomic E-state index is 14.5. The maximum atomic E-state index is 14.5. The first-order valence-electron chi connectivity index (χ1n) is 9.60. The lowest BCUT2D eigenvalue weighted by atomic mass is 9.68. The fourth-order valence-electron chi connectivity index (χ4n) is 4.21. The van der Waals surface area contributed by atoms with Crippen molar-refractivity contribution >= 4 is 34.4 Å². The fourth-order valence-corrected chi connectivity index (χ4v) is 4.36. The molecule has 7 nitrogen and oxygen atoms in total. The van der Waals surface area contributed by atoms with Gasteiger partial charge in [0.2, 0.25) is 0 Å². The van der Waals surface area contributed by atoms with E-state index in [4.69, 9.17) is 11.6 Å². The molecule has 2 atom stereocenters. The van der Waals surface area contributed by atoms with Crippen LogP contribution in [0.5, 0.6) is 0 Å². The lowest BCUT2D eigenvalue weighted by Gasteiger charge is -2.40. The summed E-state index contributed by atoms with van der Waals surface area (Å²) < 4.78 is 14.5. The molecule has 0 radical (unpaired) electrons. The van der Waals surface area contributed by atoms with Crippen molar-refractivity contribution in [3.63, 3.8) is 0 Å². The maximum Gasteiger partial charge on any atom is 0.311 e. The smallest absolute Gasteiger partial charge is 0.311 e. The number of hydrogen-bond acceptors (Lipinski definition) is 5. The number of anilines is 1. The lowest BCUT2D eigenvalue weighted by Crippen LogP contribution is -2.48. The number of halogens is 2. The van der Waals surface area contributed by atoms with Gasteiger partial charge >= 0.3 is 5.97 Å². The van der Waals surface area contributed by atoms with Crippen LogP contribution in [0.2, 0.25) is 5.02 Å². The van der Waals surface area contributed by atoms with E-state index in [-0.39, 0.29) is 5.82 Å². The van der Waals surface area contributed by atoms with E-state index in [0.717, 1.165) is 24.4 Å². The van der Waals surface area contributed by atoms with E-state index in [1.165, 1.54) is 6.20 Å². The van der Waals surface area contributed by atoms with E-state index in [1.807, 2.05) is 6.92 Å². The molecule has 0 aliphatic heterocycles. The van der Waals surface area contributed by atoms with E-state index in [2.05, 4.69) is 25.3 Å². The van der Waals surface area contributed by atoms with Crippen LogP contribution in [0.1, 0.15) is 39.0 Å². The monoisotopic (exact) mass is 417 g/mol. The van der Waals surface area contributed by atoms with E-state index in [0.29, 0.717) is 41.3 Å². The molecule has 0 amide bonds. The summed E-state index contributed by atoms with van der Waals surface area (Å²) in [6.45, 7) is 1.86. The number of carbonyl (C=O) groups is 1. The predicted molar refractivity (Wildman–Crippen MR) is 108 cm³/mol. The molecule has 0 saturated heterocycles. The minimum Gasteiger partial charge on any atom is -0.481 e. The topological polar surface area (TPSA) is 104 Å². The highest BCUT2D eigenvalue weighted by Gasteiger charge is 2.46. The van der Waals surface area contributed by atoms with Gasteiger partial charge in [-0.2, -0.15) is 0 Å². The Hall–Kier alpha value is -2.74. The van der Waals surface area contributed by atoms with Gasteiger partial charge in [0.15, 0.2) is 17.5 Å². The van der Waals surface area contributed by atoms with Gasteiger partial charge in [-0.15, -0.1) is 0 Å². The predicted octanol–water partition coefficient (Wildman–Crippen LogP) is 4.65. The van der Waals surface area contributed by atoms with E-state index < -0.39 is 23.2 Å². The summed E-state index contributed by atoms with van der Waals surface area (Å²) in [5.41, 5.74) is 0.324. The zero-order chi connectivity index (χ0) is 20.6. The van der Waals surface area contributed by atoms with Gasteiger partial charge in [-0.05, 0) is 25.3 Å². The Labute approximate surface area is 171 Å². The number of rotatable bonds is 5. The van der Waals surface area contributed by atoms with Gasteiger partial charge in [-0.25, -0.2) is 19.3 Å². The number of aromatic nitrogens is 4. The van der Waals surface area contributed by atoms with Gasteiger partial charge in [-0.3, -0.25) is 4.79 Å². The Morgan fingerprint density at radius 2 is 2.24 bits per heavy atom. The first-order chi connectivity index (χ1) is 13.9. The summed E-state index contributed by atoms with van der Waals surface area (Å²) in [4.78, 5) is 27.8. The molecule has 29 heavy (non-hydrogen) atoms. The van der Waals surface area contributed by atoms with Crippen LogP contribution in [-0.2, 0) is 4.79 Å². The zero-order valence-electron chi connectivity index (χ0n) is 15.9. The van der Waals surface area contributed by atoms with Crippen molar-refractivity contribution in [1.82, 2.24) is 19.9 Å². The van der Waals surface area contributed by atoms with Crippen LogP contribution < -0.4 is 5.32 Å². The highest BCUT2D eigenvalue weighted by atomic mass is 35.5. The number of aromatic amines is 1. The third-order valence-corrected chi connectivity index (χ3v) is 6.09. The molecule has 0 aromatic carbocycles. The molecule has 152 valence electrons. The van der Waals surface area contributed by atoms with E-state index in [1.54, 1.807) is 12.3 Å². The Bertz CT molecular complexity index is 1070. The zero-order valence-corrected chi connectivity index (χ0v) is 16.6. The first-order valence-corrected chi connectivity index (χ1v) is 9.98. The summed E-state index contributed by atoms with van der Waals surface area (Å²) >= 11 is 6.05. The van der Waals surface area contributed by atoms with Crippen molar-refractivity contribution in [1.29, 1.82) is 0 Å². The van der Waals surface area contributed by atoms with Crippen molar-refractivity contribution in [3.8, 4) is 11.4 Å². The minimum atomic E-state index is -0.936. The highest BCUT2D eigenvalue weighted by Crippen LogP contribution is 2.41. The average molecular weight is 418 g/mol. The van der Waals surface area contributed by atoms with Gasteiger partial charge in [0.25, 0.3) is 0 Å². The molecular formula is C20H21ClFN5O2. The molecular weight excluding hydrogens is 397 g/mol. The number of nitrogens with one attached hydrogen (secondary N) is 2. The molecule has 1 aliphatic carbocycles. The van der Waals surface area contributed by atoms with Crippen LogP contribution in [0.25, 0.3) is 22.4 Å². The van der Waals surface area contributed by atoms with Crippen LogP contribution in [-0.4, -0.2) is 37.1 Å². The number of carboxylic acid groups (broad SMARTS) is 1. The number of fused-ring (bicyclic) bond motifs is 1. The van der Waals surface area contributed by atoms with Crippen LogP contribution in [0.15, 0.2) is 24.7 Å². The molecule has 0 spiro atoms. The molecule has 1 fully saturated rings. The van der Waals surface area contributed by atoms with Crippen molar-refractivity contribution in [2.24, 2.45) is 5.41 Å². The Morgan fingerprint density at radius 3 is 3.00 bits per heavy atom. The fraction of sp³-hybridized carbons (Fsp3) is 0.400. The molecule has 4 rings (SSSR count). The third kappa shape index (κ3) is 3.42. The van der Waals surface area contributed by atoms with Gasteiger partial charge in [-0.1, -0.05) is 31.4 Å². The minimum absolute atomic E-state index is 0.00492. The van der Waals surface area contributed by atoms with E-state index in [9.17, 15) is 14.3 Å². The number of nitrogens with zero attached hydrogens (tertiary/aromatic N) is 3. The SMILES string of the molecule is CC[C@]1(C(=O)O)CCCC[C@H]1Nc1nc(-c2c[nH]c3ncc(Cl)cc23)ncc1F. The second-order valence-corrected chi connectivity index (χ2v) is 7.84. The second-order valence-electron chi connectivity index (χ2n) is 7.40. The molecule has 3 heterocycles. The van der Waals surface area contributed by atoms with Crippen molar-refractivity contribution in [3.05, 3.63) is 35.5 Å². The van der Waals surface area contributed by atoms with Crippen molar-refractivity contribution in [2.75, 3.05) is 5.32 Å². The summed E-state index contributed by atoms with van der Waals surface area (Å²) in [5, 5.41) is 14.1. The molecule has 3 aromatic rings. The molecule has 0 unspecified atom stereocenters. The molecule has 3 N–H and O–H groups in total. The largest absolute Gasteiger partial charge is 0.481 e. The summed E-state index contributed by atoms with van der Waals surface area (Å²) in [5.74, 6) is -1.17. The molecule has 1 aliphatic rings. The van der Waals surface area contributed by atoms with Gasteiger partial charge in [0.1, 0.15) is 5.65 Å². The van der Waals surface area contributed by atoms with Crippen LogP contribution in [0, 0.1) is 11.2 Å². The van der Waals surface area contributed by atoms with Crippen LogP contribution in [0.3, 0.4) is 0 Å². The highest BCUT2D eigenvalue weighted by molar-refractivity contribution is 6.31. The van der Waals surface area contributed by atoms with Crippen molar-refractivity contribution in [2.45, 2.75) is 45.1 Å². The number of aliphatic carboxylic acids is 1. The van der Waals surface area contributed by atoms with Gasteiger partial charge in [0, 0.05) is 29.4 Å². The summed E-state index contributed by atoms with van der Waals surface area (Å²) in [7, 11) is 0. The first kappa shape index (κ1) is 19.6. The number of pyridine rings is 1. The van der Waals surface area contributed by atoms with Crippen molar-refractivity contribution < 1.29 is 14.3 Å². The molecule has 9 heteroatoms. The molecule has 1 saturated carbocycles. The average Bonchev–Trinajstić information content (AvgIpc) is 3.13. The number of carboxylic acids is 1. The molecule has 3 aromatic heterocycles. The van der Waals surface area contributed by atoms with Gasteiger partial charge in [0.05, 0.1) is 16.6 Å². The van der Waals surface area contributed by atoms with Gasteiger partial charge < -0.3 is 15.4 Å². The van der Waals surface area contributed by atoms with E-state index >= 15 is 0 Å². The standard InChI is InChI=1S/C20H21ClFN5O2/c1-2-20(19(28)29)6-4-3-5-15(20)26-18-14(22)10-25-17(27-18)13-9-24-16-12(13)7-11(21)8-23-16/h7-10,15H,2-6H2,1H3,(H,23,24)(H,28,29)(H,25,26,27)/t15-,20+/m1/s1. The Kier molecular flexibility index (Phi) is 5.12. The summed E-state index contributed by atoms with van der Waals surface area (Å²) in [6, 6.07) is 1.33. The Balaban J connectivity index is 1.72. The lowest BCUT2D eigenvalue weighted by molar-refractivity contribution is -0.152. The molecule has 0 bridgehead atoms.